The molecule has 0 radical (unpaired) electrons. The second-order valence-electron chi connectivity index (χ2n) is 8.45. The van der Waals surface area contributed by atoms with Crippen molar-refractivity contribution in [2.75, 3.05) is 49.6 Å². The van der Waals surface area contributed by atoms with Crippen molar-refractivity contribution in [3.63, 3.8) is 0 Å². The number of methoxy groups -OCH3 is 1. The SMILES string of the molecule is COc1ccc(N2CCN(S(=O)(=O)c3ccc4c(c3)CCN4C(=O)c3ccccc3)CC2)cc1. The summed E-state index contributed by atoms with van der Waals surface area (Å²) in [6, 6.07) is 22.1. The molecule has 0 spiro atoms. The number of anilines is 2. The lowest BCUT2D eigenvalue weighted by Gasteiger charge is -2.35. The maximum Gasteiger partial charge on any atom is 0.258 e. The molecular formula is C26H27N3O4S. The number of carbonyl (C=O) groups is 1. The molecule has 0 atom stereocenters. The lowest BCUT2D eigenvalue weighted by molar-refractivity contribution is 0.0989. The molecular weight excluding hydrogens is 450 g/mol. The number of nitrogens with zero attached hydrogens (tertiary/aromatic N) is 3. The summed E-state index contributed by atoms with van der Waals surface area (Å²) < 4.78 is 33.5. The van der Waals surface area contributed by atoms with Crippen LogP contribution in [0, 0.1) is 0 Å². The van der Waals surface area contributed by atoms with E-state index >= 15 is 0 Å². The van der Waals surface area contributed by atoms with Gasteiger partial charge in [0.25, 0.3) is 5.91 Å². The van der Waals surface area contributed by atoms with Gasteiger partial charge in [-0.2, -0.15) is 4.31 Å². The predicted molar refractivity (Wildman–Crippen MR) is 132 cm³/mol. The van der Waals surface area contributed by atoms with E-state index in [9.17, 15) is 13.2 Å². The van der Waals surface area contributed by atoms with Crippen molar-refractivity contribution in [1.29, 1.82) is 0 Å². The van der Waals surface area contributed by atoms with Crippen molar-refractivity contribution in [3.05, 3.63) is 83.9 Å². The lowest BCUT2D eigenvalue weighted by Crippen LogP contribution is -2.48. The molecule has 3 aromatic rings. The fraction of sp³-hybridized carbons (Fsp3) is 0.269. The molecule has 3 aromatic carbocycles. The number of amides is 1. The van der Waals surface area contributed by atoms with Crippen LogP contribution >= 0.6 is 0 Å². The van der Waals surface area contributed by atoms with Crippen molar-refractivity contribution < 1.29 is 17.9 Å². The molecule has 1 amide bonds. The number of benzene rings is 3. The van der Waals surface area contributed by atoms with E-state index < -0.39 is 10.0 Å². The van der Waals surface area contributed by atoms with Gasteiger partial charge in [0.05, 0.1) is 12.0 Å². The van der Waals surface area contributed by atoms with Gasteiger partial charge in [-0.3, -0.25) is 4.79 Å². The van der Waals surface area contributed by atoms with Crippen LogP contribution < -0.4 is 14.5 Å². The van der Waals surface area contributed by atoms with Crippen LogP contribution in [0.4, 0.5) is 11.4 Å². The van der Waals surface area contributed by atoms with E-state index in [2.05, 4.69) is 4.90 Å². The van der Waals surface area contributed by atoms with E-state index in [1.54, 1.807) is 46.6 Å². The second-order valence-corrected chi connectivity index (χ2v) is 10.4. The van der Waals surface area contributed by atoms with Crippen LogP contribution in [0.25, 0.3) is 0 Å². The Morgan fingerprint density at radius 2 is 1.56 bits per heavy atom. The van der Waals surface area contributed by atoms with Crippen LogP contribution in [-0.4, -0.2) is 58.5 Å². The zero-order chi connectivity index (χ0) is 23.7. The predicted octanol–water partition coefficient (Wildman–Crippen LogP) is 3.41. The summed E-state index contributed by atoms with van der Waals surface area (Å²) in [6.45, 7) is 2.63. The van der Waals surface area contributed by atoms with Gasteiger partial charge in [-0.25, -0.2) is 8.42 Å². The van der Waals surface area contributed by atoms with Crippen molar-refractivity contribution >= 4 is 27.3 Å². The number of rotatable bonds is 5. The molecule has 0 unspecified atom stereocenters. The molecule has 1 saturated heterocycles. The molecule has 8 heteroatoms. The van der Waals surface area contributed by atoms with Crippen LogP contribution in [-0.2, 0) is 16.4 Å². The number of ether oxygens (including phenoxy) is 1. The van der Waals surface area contributed by atoms with Gasteiger partial charge < -0.3 is 14.5 Å². The minimum Gasteiger partial charge on any atom is -0.497 e. The minimum absolute atomic E-state index is 0.0652. The molecule has 0 bridgehead atoms. The van der Waals surface area contributed by atoms with Crippen LogP contribution in [0.1, 0.15) is 15.9 Å². The minimum atomic E-state index is -3.61. The Morgan fingerprint density at radius 1 is 0.853 bits per heavy atom. The van der Waals surface area contributed by atoms with E-state index in [1.807, 2.05) is 42.5 Å². The number of hydrogen-bond donors (Lipinski definition) is 0. The Morgan fingerprint density at radius 3 is 2.24 bits per heavy atom. The van der Waals surface area contributed by atoms with Gasteiger partial charge in [0.2, 0.25) is 10.0 Å². The molecule has 0 aromatic heterocycles. The maximum atomic E-state index is 13.4. The number of fused-ring (bicyclic) bond motifs is 1. The smallest absolute Gasteiger partial charge is 0.258 e. The first-order valence-corrected chi connectivity index (χ1v) is 12.8. The third kappa shape index (κ3) is 4.15. The molecule has 7 nitrogen and oxygen atoms in total. The monoisotopic (exact) mass is 477 g/mol. The zero-order valence-corrected chi connectivity index (χ0v) is 19.9. The Bertz CT molecular complexity index is 1290. The maximum absolute atomic E-state index is 13.4. The van der Waals surface area contributed by atoms with Gasteiger partial charge in [-0.05, 0) is 66.6 Å². The molecule has 2 heterocycles. The van der Waals surface area contributed by atoms with Crippen LogP contribution in [0.15, 0.2) is 77.7 Å². The van der Waals surface area contributed by atoms with Gasteiger partial charge >= 0.3 is 0 Å². The average Bonchev–Trinajstić information content (AvgIpc) is 3.32. The summed E-state index contributed by atoms with van der Waals surface area (Å²) in [6.07, 6.45) is 0.641. The average molecular weight is 478 g/mol. The highest BCUT2D eigenvalue weighted by Gasteiger charge is 2.31. The molecule has 176 valence electrons. The van der Waals surface area contributed by atoms with Crippen LogP contribution in [0.2, 0.25) is 0 Å². The first-order valence-electron chi connectivity index (χ1n) is 11.4. The first-order chi connectivity index (χ1) is 16.5. The molecule has 2 aliphatic heterocycles. The topological polar surface area (TPSA) is 70.2 Å². The Labute approximate surface area is 200 Å². The Hall–Kier alpha value is -3.36. The molecule has 0 saturated carbocycles. The van der Waals surface area contributed by atoms with E-state index in [0.717, 1.165) is 22.7 Å². The Balaban J connectivity index is 1.29. The van der Waals surface area contributed by atoms with Gasteiger partial charge in [0.1, 0.15) is 5.75 Å². The summed E-state index contributed by atoms with van der Waals surface area (Å²) in [5, 5.41) is 0. The normalized spacial score (nSPS) is 16.4. The van der Waals surface area contributed by atoms with E-state index in [4.69, 9.17) is 4.74 Å². The summed E-state index contributed by atoms with van der Waals surface area (Å²) in [5.41, 5.74) is 3.36. The number of sulfonamides is 1. The quantitative estimate of drug-likeness (QED) is 0.563. The summed E-state index contributed by atoms with van der Waals surface area (Å²) in [7, 11) is -1.97. The molecule has 34 heavy (non-hydrogen) atoms. The van der Waals surface area contributed by atoms with E-state index in [0.29, 0.717) is 44.7 Å². The molecule has 2 aliphatic rings. The van der Waals surface area contributed by atoms with Crippen molar-refractivity contribution in [3.8, 4) is 5.75 Å². The van der Waals surface area contributed by atoms with E-state index in [1.165, 1.54) is 0 Å². The fourth-order valence-electron chi connectivity index (χ4n) is 4.61. The fourth-order valence-corrected chi connectivity index (χ4v) is 6.09. The van der Waals surface area contributed by atoms with Crippen molar-refractivity contribution in [2.45, 2.75) is 11.3 Å². The first kappa shape index (κ1) is 22.4. The van der Waals surface area contributed by atoms with Crippen molar-refractivity contribution in [1.82, 2.24) is 4.31 Å². The van der Waals surface area contributed by atoms with Crippen molar-refractivity contribution in [2.24, 2.45) is 0 Å². The summed E-state index contributed by atoms with van der Waals surface area (Å²) in [5.74, 6) is 0.732. The molecule has 5 rings (SSSR count). The summed E-state index contributed by atoms with van der Waals surface area (Å²) in [4.78, 5) is 17.1. The molecule has 1 fully saturated rings. The van der Waals surface area contributed by atoms with Gasteiger partial charge in [-0.1, -0.05) is 18.2 Å². The number of carbonyl (C=O) groups excluding carboxylic acids is 1. The molecule has 0 aliphatic carbocycles. The standard InChI is InChI=1S/C26H27N3O4S/c1-33-23-9-7-22(8-10-23)27-15-17-28(18-16-27)34(31,32)24-11-12-25-21(19-24)13-14-29(25)26(30)20-5-3-2-4-6-20/h2-12,19H,13-18H2,1H3. The highest BCUT2D eigenvalue weighted by molar-refractivity contribution is 7.89. The molecule has 0 N–H and O–H groups in total. The highest BCUT2D eigenvalue weighted by Crippen LogP contribution is 2.32. The van der Waals surface area contributed by atoms with Gasteiger partial charge in [0.15, 0.2) is 0 Å². The van der Waals surface area contributed by atoms with Crippen LogP contribution in [0.5, 0.6) is 5.75 Å². The largest absolute Gasteiger partial charge is 0.497 e. The third-order valence-electron chi connectivity index (χ3n) is 6.53. The number of hydrogen-bond acceptors (Lipinski definition) is 5. The van der Waals surface area contributed by atoms with Gasteiger partial charge in [0, 0.05) is 49.7 Å². The van der Waals surface area contributed by atoms with Crippen LogP contribution in [0.3, 0.4) is 0 Å². The third-order valence-corrected chi connectivity index (χ3v) is 8.42. The second kappa shape index (κ2) is 9.12. The highest BCUT2D eigenvalue weighted by atomic mass is 32.2. The Kier molecular flexibility index (Phi) is 6.02. The summed E-state index contributed by atoms with van der Waals surface area (Å²) >= 11 is 0. The van der Waals surface area contributed by atoms with Gasteiger partial charge in [-0.15, -0.1) is 0 Å². The lowest BCUT2D eigenvalue weighted by atomic mass is 10.1. The number of piperazine rings is 1. The zero-order valence-electron chi connectivity index (χ0n) is 19.1. The van der Waals surface area contributed by atoms with E-state index in [-0.39, 0.29) is 10.8 Å².